The highest BCUT2D eigenvalue weighted by molar-refractivity contribution is 7.75. The second-order valence-corrected chi connectivity index (χ2v) is 9.22. The highest BCUT2D eigenvalue weighted by Gasteiger charge is 2.55. The third kappa shape index (κ3) is 6.42. The van der Waals surface area contributed by atoms with Gasteiger partial charge in [-0.05, 0) is 16.7 Å². The van der Waals surface area contributed by atoms with Gasteiger partial charge in [0.25, 0.3) is 0 Å². The van der Waals surface area contributed by atoms with Crippen LogP contribution in [0.2, 0.25) is 0 Å². The maximum absolute atomic E-state index is 11.9. The van der Waals surface area contributed by atoms with Crippen molar-refractivity contribution in [2.45, 2.75) is 50.5 Å². The molecule has 0 aliphatic carbocycles. The van der Waals surface area contributed by atoms with E-state index in [9.17, 15) is 4.21 Å². The van der Waals surface area contributed by atoms with Crippen LogP contribution in [0.15, 0.2) is 91.0 Å². The molecule has 7 nitrogen and oxygen atoms in total. The van der Waals surface area contributed by atoms with Crippen LogP contribution < -0.4 is 0 Å². The Morgan fingerprint density at radius 3 is 1.94 bits per heavy atom. The van der Waals surface area contributed by atoms with E-state index in [1.165, 1.54) is 0 Å². The van der Waals surface area contributed by atoms with Gasteiger partial charge in [-0.1, -0.05) is 91.0 Å². The van der Waals surface area contributed by atoms with Crippen LogP contribution in [0.5, 0.6) is 0 Å². The van der Waals surface area contributed by atoms with Crippen molar-refractivity contribution >= 4 is 11.4 Å². The van der Waals surface area contributed by atoms with Gasteiger partial charge in [0, 0.05) is 0 Å². The summed E-state index contributed by atoms with van der Waals surface area (Å²) in [5.41, 5.74) is 3.11. The molecular formula is C27H28O7S. The second kappa shape index (κ2) is 12.0. The summed E-state index contributed by atoms with van der Waals surface area (Å²) in [4.78, 5) is 0. The summed E-state index contributed by atoms with van der Waals surface area (Å²) in [7, 11) is 0. The van der Waals surface area contributed by atoms with Gasteiger partial charge in [0.15, 0.2) is 6.10 Å². The molecule has 0 N–H and O–H groups in total. The minimum atomic E-state index is -1.87. The first-order chi connectivity index (χ1) is 17.3. The molecule has 3 aromatic rings. The van der Waals surface area contributed by atoms with Gasteiger partial charge in [0.2, 0.25) is 6.29 Å². The predicted octanol–water partition coefficient (Wildman–Crippen LogP) is 4.09. The zero-order valence-electron chi connectivity index (χ0n) is 19.1. The van der Waals surface area contributed by atoms with Gasteiger partial charge in [0.1, 0.15) is 18.3 Å². The molecule has 0 aromatic heterocycles. The zero-order valence-corrected chi connectivity index (χ0v) is 20.0. The van der Waals surface area contributed by atoms with Crippen molar-refractivity contribution < 1.29 is 31.5 Å². The summed E-state index contributed by atoms with van der Waals surface area (Å²) < 4.78 is 47.5. The van der Waals surface area contributed by atoms with E-state index in [1.807, 2.05) is 91.0 Å². The van der Waals surface area contributed by atoms with E-state index in [-0.39, 0.29) is 6.61 Å². The van der Waals surface area contributed by atoms with E-state index in [0.29, 0.717) is 19.8 Å². The third-order valence-corrected chi connectivity index (χ3v) is 6.65. The lowest BCUT2D eigenvalue weighted by molar-refractivity contribution is -0.158. The van der Waals surface area contributed by atoms with Gasteiger partial charge >= 0.3 is 11.4 Å². The van der Waals surface area contributed by atoms with E-state index < -0.39 is 42.1 Å². The van der Waals surface area contributed by atoms with Crippen LogP contribution in [0.25, 0.3) is 0 Å². The summed E-state index contributed by atoms with van der Waals surface area (Å²) in [6, 6.07) is 29.7. The molecule has 2 saturated heterocycles. The maximum atomic E-state index is 11.9. The first-order valence-corrected chi connectivity index (χ1v) is 12.6. The van der Waals surface area contributed by atoms with Crippen LogP contribution in [0, 0.1) is 0 Å². The lowest BCUT2D eigenvalue weighted by Crippen LogP contribution is -2.44. The predicted molar refractivity (Wildman–Crippen MR) is 129 cm³/mol. The van der Waals surface area contributed by atoms with E-state index >= 15 is 0 Å². The molecule has 184 valence electrons. The molecular weight excluding hydrogens is 468 g/mol. The van der Waals surface area contributed by atoms with Crippen LogP contribution in [-0.2, 0) is 58.5 Å². The van der Waals surface area contributed by atoms with E-state index in [0.717, 1.165) is 16.7 Å². The Labute approximate surface area is 207 Å². The molecule has 8 heteroatoms. The highest BCUT2D eigenvalue weighted by Crippen LogP contribution is 2.36. The Hall–Kier alpha value is -2.43. The van der Waals surface area contributed by atoms with Crippen LogP contribution in [-0.4, -0.2) is 41.5 Å². The number of benzene rings is 3. The van der Waals surface area contributed by atoms with Gasteiger partial charge in [-0.25, -0.2) is 4.18 Å². The maximum Gasteiger partial charge on any atom is 0.307 e. The van der Waals surface area contributed by atoms with Crippen LogP contribution in [0.1, 0.15) is 16.7 Å². The minimum Gasteiger partial charge on any atom is -0.374 e. The van der Waals surface area contributed by atoms with Crippen molar-refractivity contribution in [1.29, 1.82) is 0 Å². The summed E-state index contributed by atoms with van der Waals surface area (Å²) in [5, 5.41) is 0. The molecule has 35 heavy (non-hydrogen) atoms. The smallest absolute Gasteiger partial charge is 0.307 e. The average Bonchev–Trinajstić information content (AvgIpc) is 3.42. The van der Waals surface area contributed by atoms with E-state index in [2.05, 4.69) is 0 Å². The molecule has 0 amide bonds. The Kier molecular flexibility index (Phi) is 8.33. The van der Waals surface area contributed by atoms with Crippen molar-refractivity contribution in [1.82, 2.24) is 0 Å². The molecule has 2 aliphatic rings. The molecule has 0 radical (unpaired) electrons. The van der Waals surface area contributed by atoms with Crippen LogP contribution >= 0.6 is 0 Å². The SMILES string of the molecule is O=S1OC2O[C@H](C(COCc3ccccc3)OCc3ccccc3)[C@H](OCc3ccccc3)C2O1. The lowest BCUT2D eigenvalue weighted by atomic mass is 10.1. The summed E-state index contributed by atoms with van der Waals surface area (Å²) in [6.45, 7) is 1.45. The fourth-order valence-electron chi connectivity index (χ4n) is 4.16. The molecule has 2 aliphatic heterocycles. The largest absolute Gasteiger partial charge is 0.374 e. The third-order valence-electron chi connectivity index (χ3n) is 5.92. The van der Waals surface area contributed by atoms with Gasteiger partial charge in [-0.15, -0.1) is 0 Å². The Morgan fingerprint density at radius 1 is 0.743 bits per heavy atom. The van der Waals surface area contributed by atoms with Crippen molar-refractivity contribution in [3.63, 3.8) is 0 Å². The standard InChI is InChI=1S/C27H28O7S/c28-35-33-26-25(31-18-22-14-8-3-9-15-22)24(32-27(26)34-35)23(30-17-21-12-6-2-7-13-21)19-29-16-20-10-4-1-5-11-20/h1-15,23-27H,16-19H2/t23?,24-,25+,26?,27?,35?/m1/s1. The minimum absolute atomic E-state index is 0.278. The monoisotopic (exact) mass is 496 g/mol. The van der Waals surface area contributed by atoms with Gasteiger partial charge in [0.05, 0.1) is 26.4 Å². The van der Waals surface area contributed by atoms with Gasteiger partial charge in [-0.2, -0.15) is 4.21 Å². The van der Waals surface area contributed by atoms with Crippen LogP contribution in [0.4, 0.5) is 0 Å². The molecule has 2 heterocycles. The quantitative estimate of drug-likeness (QED) is 0.396. The molecule has 0 saturated carbocycles. The molecule has 4 unspecified atom stereocenters. The Balaban J connectivity index is 1.30. The molecule has 5 rings (SSSR count). The second-order valence-electron chi connectivity index (χ2n) is 8.43. The molecule has 0 spiro atoms. The number of fused-ring (bicyclic) bond motifs is 1. The van der Waals surface area contributed by atoms with Crippen molar-refractivity contribution in [3.8, 4) is 0 Å². The Morgan fingerprint density at radius 2 is 1.31 bits per heavy atom. The molecule has 2 fully saturated rings. The number of hydrogen-bond donors (Lipinski definition) is 0. The first kappa shape index (κ1) is 24.3. The number of ether oxygens (including phenoxy) is 4. The number of hydrogen-bond acceptors (Lipinski definition) is 7. The topological polar surface area (TPSA) is 72.5 Å². The van der Waals surface area contributed by atoms with Crippen molar-refractivity contribution in [2.75, 3.05) is 6.61 Å². The van der Waals surface area contributed by atoms with Crippen molar-refractivity contribution in [3.05, 3.63) is 108 Å². The fraction of sp³-hybridized carbons (Fsp3) is 0.333. The fourth-order valence-corrected chi connectivity index (χ4v) is 4.89. The van der Waals surface area contributed by atoms with Crippen LogP contribution in [0.3, 0.4) is 0 Å². The van der Waals surface area contributed by atoms with Gasteiger partial charge in [-0.3, -0.25) is 4.18 Å². The van der Waals surface area contributed by atoms with Gasteiger partial charge < -0.3 is 18.9 Å². The first-order valence-electron chi connectivity index (χ1n) is 11.6. The lowest BCUT2D eigenvalue weighted by Gasteiger charge is -2.29. The zero-order chi connectivity index (χ0) is 23.9. The summed E-state index contributed by atoms with van der Waals surface area (Å²) >= 11 is -1.87. The van der Waals surface area contributed by atoms with E-state index in [1.54, 1.807) is 0 Å². The summed E-state index contributed by atoms with van der Waals surface area (Å²) in [6.07, 6.45) is -2.97. The number of rotatable bonds is 11. The normalized spacial score (nSPS) is 26.5. The Bertz CT molecular complexity index is 1070. The highest BCUT2D eigenvalue weighted by atomic mass is 32.2. The molecule has 0 bridgehead atoms. The van der Waals surface area contributed by atoms with Crippen molar-refractivity contribution in [2.24, 2.45) is 0 Å². The molecule has 6 atom stereocenters. The summed E-state index contributed by atoms with van der Waals surface area (Å²) in [5.74, 6) is 0. The average molecular weight is 497 g/mol. The van der Waals surface area contributed by atoms with E-state index in [4.69, 9.17) is 27.3 Å². The molecule has 3 aromatic carbocycles.